The summed E-state index contributed by atoms with van der Waals surface area (Å²) in [5, 5.41) is 0. The Kier molecular flexibility index (Phi) is 5.49. The van der Waals surface area contributed by atoms with Crippen molar-refractivity contribution in [2.45, 2.75) is 13.5 Å². The molecule has 0 aliphatic heterocycles. The second-order valence-electron chi connectivity index (χ2n) is 5.57. The van der Waals surface area contributed by atoms with E-state index in [1.54, 1.807) is 20.1 Å². The maximum absolute atomic E-state index is 12.0. The molecule has 0 unspecified atom stereocenters. The fraction of sp³-hybridized carbons (Fsp3) is 0.143. The topological polar surface area (TPSA) is 61.6 Å². The van der Waals surface area contributed by atoms with E-state index >= 15 is 0 Å². The number of nitrogens with zero attached hydrogens (tertiary/aromatic N) is 1. The Morgan fingerprint density at radius 3 is 2.62 bits per heavy atom. The first kappa shape index (κ1) is 17.5. The van der Waals surface area contributed by atoms with Gasteiger partial charge in [-0.05, 0) is 31.2 Å². The molecule has 0 bridgehead atoms. The van der Waals surface area contributed by atoms with Gasteiger partial charge in [-0.1, -0.05) is 36.4 Å². The van der Waals surface area contributed by atoms with E-state index in [1.165, 1.54) is 6.08 Å². The Morgan fingerprint density at radius 1 is 1.12 bits per heavy atom. The number of methoxy groups -OCH3 is 1. The van der Waals surface area contributed by atoms with E-state index in [4.69, 9.17) is 13.9 Å². The molecule has 0 aliphatic rings. The lowest BCUT2D eigenvalue weighted by molar-refractivity contribution is -0.139. The number of para-hydroxylation sites is 1. The molecule has 5 nitrogen and oxygen atoms in total. The van der Waals surface area contributed by atoms with Crippen LogP contribution >= 0.6 is 0 Å². The zero-order chi connectivity index (χ0) is 18.4. The van der Waals surface area contributed by atoms with Crippen LogP contribution in [0, 0.1) is 6.92 Å². The standard InChI is InChI=1S/C21H19NO4/c1-15-18(22-21(26-15)17-9-4-3-5-10-17)14-25-20(23)13-12-16-8-6-7-11-19(16)24-2/h3-13H,14H2,1-2H3/b13-12+. The molecule has 0 fully saturated rings. The quantitative estimate of drug-likeness (QED) is 0.487. The molecule has 1 aromatic heterocycles. The number of hydrogen-bond acceptors (Lipinski definition) is 5. The summed E-state index contributed by atoms with van der Waals surface area (Å²) in [5.74, 6) is 1.38. The molecule has 0 spiro atoms. The Morgan fingerprint density at radius 2 is 1.85 bits per heavy atom. The van der Waals surface area contributed by atoms with Gasteiger partial charge in [0, 0.05) is 17.2 Å². The van der Waals surface area contributed by atoms with Gasteiger partial charge in [-0.2, -0.15) is 0 Å². The molecule has 0 N–H and O–H groups in total. The number of aryl methyl sites for hydroxylation is 1. The highest BCUT2D eigenvalue weighted by molar-refractivity contribution is 5.87. The largest absolute Gasteiger partial charge is 0.496 e. The molecule has 2 aromatic carbocycles. The van der Waals surface area contributed by atoms with Crippen molar-refractivity contribution in [1.82, 2.24) is 4.98 Å². The van der Waals surface area contributed by atoms with Crippen LogP contribution in [0.2, 0.25) is 0 Å². The third-order valence-corrected chi connectivity index (χ3v) is 3.80. The van der Waals surface area contributed by atoms with Crippen molar-refractivity contribution in [3.05, 3.63) is 77.7 Å². The van der Waals surface area contributed by atoms with Crippen molar-refractivity contribution in [2.75, 3.05) is 7.11 Å². The van der Waals surface area contributed by atoms with Crippen molar-refractivity contribution in [3.8, 4) is 17.2 Å². The highest BCUT2D eigenvalue weighted by atomic mass is 16.5. The number of oxazole rings is 1. The van der Waals surface area contributed by atoms with Gasteiger partial charge < -0.3 is 13.9 Å². The van der Waals surface area contributed by atoms with Crippen LogP contribution in [-0.2, 0) is 16.1 Å². The van der Waals surface area contributed by atoms with Crippen LogP contribution in [0.3, 0.4) is 0 Å². The number of hydrogen-bond donors (Lipinski definition) is 0. The van der Waals surface area contributed by atoms with E-state index in [1.807, 2.05) is 54.6 Å². The van der Waals surface area contributed by atoms with Crippen LogP contribution < -0.4 is 4.74 Å². The normalized spacial score (nSPS) is 10.8. The van der Waals surface area contributed by atoms with Crippen molar-refractivity contribution in [1.29, 1.82) is 0 Å². The summed E-state index contributed by atoms with van der Waals surface area (Å²) >= 11 is 0. The maximum Gasteiger partial charge on any atom is 0.331 e. The maximum atomic E-state index is 12.0. The Labute approximate surface area is 151 Å². The first-order chi connectivity index (χ1) is 12.7. The second-order valence-corrected chi connectivity index (χ2v) is 5.57. The van der Waals surface area contributed by atoms with Crippen LogP contribution in [0.25, 0.3) is 17.5 Å². The summed E-state index contributed by atoms with van der Waals surface area (Å²) in [6, 6.07) is 17.0. The van der Waals surface area contributed by atoms with E-state index < -0.39 is 5.97 Å². The van der Waals surface area contributed by atoms with Gasteiger partial charge in [0.05, 0.1) is 7.11 Å². The molecular weight excluding hydrogens is 330 g/mol. The highest BCUT2D eigenvalue weighted by Gasteiger charge is 2.12. The molecule has 0 amide bonds. The third-order valence-electron chi connectivity index (χ3n) is 3.80. The highest BCUT2D eigenvalue weighted by Crippen LogP contribution is 2.22. The summed E-state index contributed by atoms with van der Waals surface area (Å²) in [7, 11) is 1.59. The minimum absolute atomic E-state index is 0.0528. The predicted molar refractivity (Wildman–Crippen MR) is 98.5 cm³/mol. The minimum atomic E-state index is -0.459. The summed E-state index contributed by atoms with van der Waals surface area (Å²) in [5.41, 5.74) is 2.28. The van der Waals surface area contributed by atoms with Crippen molar-refractivity contribution in [3.63, 3.8) is 0 Å². The molecule has 132 valence electrons. The third kappa shape index (κ3) is 4.19. The van der Waals surface area contributed by atoms with Crippen LogP contribution in [0.5, 0.6) is 5.75 Å². The number of benzene rings is 2. The SMILES string of the molecule is COc1ccccc1/C=C/C(=O)OCc1nc(-c2ccccc2)oc1C. The lowest BCUT2D eigenvalue weighted by Gasteiger charge is -2.03. The van der Waals surface area contributed by atoms with Crippen LogP contribution in [0.15, 0.2) is 65.1 Å². The minimum Gasteiger partial charge on any atom is -0.496 e. The molecule has 26 heavy (non-hydrogen) atoms. The molecule has 5 heteroatoms. The molecule has 1 heterocycles. The zero-order valence-electron chi connectivity index (χ0n) is 14.6. The number of aromatic nitrogens is 1. The van der Waals surface area contributed by atoms with Gasteiger partial charge in [0.2, 0.25) is 5.89 Å². The predicted octanol–water partition coefficient (Wildman–Crippen LogP) is 4.42. The molecule has 0 saturated heterocycles. The summed E-state index contributed by atoms with van der Waals surface area (Å²) in [4.78, 5) is 16.4. The van der Waals surface area contributed by atoms with Crippen LogP contribution in [-0.4, -0.2) is 18.1 Å². The summed E-state index contributed by atoms with van der Waals surface area (Å²) < 4.78 is 16.2. The lowest BCUT2D eigenvalue weighted by atomic mass is 10.2. The van der Waals surface area contributed by atoms with Gasteiger partial charge in [0.25, 0.3) is 0 Å². The number of rotatable bonds is 6. The molecule has 3 rings (SSSR count). The first-order valence-electron chi connectivity index (χ1n) is 8.17. The van der Waals surface area contributed by atoms with Gasteiger partial charge in [-0.3, -0.25) is 0 Å². The first-order valence-corrected chi connectivity index (χ1v) is 8.17. The Hall–Kier alpha value is -3.34. The van der Waals surface area contributed by atoms with Gasteiger partial charge in [0.15, 0.2) is 0 Å². The Balaban J connectivity index is 1.63. The molecule has 0 atom stereocenters. The smallest absolute Gasteiger partial charge is 0.331 e. The fourth-order valence-corrected chi connectivity index (χ4v) is 2.42. The van der Waals surface area contributed by atoms with Gasteiger partial charge in [0.1, 0.15) is 23.8 Å². The molecule has 0 radical (unpaired) electrons. The summed E-state index contributed by atoms with van der Waals surface area (Å²) in [6.45, 7) is 1.85. The van der Waals surface area contributed by atoms with E-state index in [2.05, 4.69) is 4.98 Å². The average molecular weight is 349 g/mol. The zero-order valence-corrected chi connectivity index (χ0v) is 14.6. The van der Waals surface area contributed by atoms with Crippen molar-refractivity contribution >= 4 is 12.0 Å². The van der Waals surface area contributed by atoms with Gasteiger partial charge >= 0.3 is 5.97 Å². The van der Waals surface area contributed by atoms with Crippen molar-refractivity contribution < 1.29 is 18.7 Å². The molecular formula is C21H19NO4. The second kappa shape index (κ2) is 8.16. The number of carbonyl (C=O) groups excluding carboxylic acids is 1. The average Bonchev–Trinajstić information content (AvgIpc) is 3.06. The number of ether oxygens (including phenoxy) is 2. The molecule has 0 aliphatic carbocycles. The number of carbonyl (C=O) groups is 1. The summed E-state index contributed by atoms with van der Waals surface area (Å²) in [6.07, 6.45) is 3.03. The number of esters is 1. The van der Waals surface area contributed by atoms with E-state index in [0.717, 1.165) is 11.1 Å². The van der Waals surface area contributed by atoms with Crippen LogP contribution in [0.1, 0.15) is 17.0 Å². The monoisotopic (exact) mass is 349 g/mol. The molecule has 0 saturated carbocycles. The van der Waals surface area contributed by atoms with Gasteiger partial charge in [-0.25, -0.2) is 9.78 Å². The van der Waals surface area contributed by atoms with E-state index in [-0.39, 0.29) is 6.61 Å². The van der Waals surface area contributed by atoms with Crippen molar-refractivity contribution in [2.24, 2.45) is 0 Å². The van der Waals surface area contributed by atoms with E-state index in [9.17, 15) is 4.79 Å². The lowest BCUT2D eigenvalue weighted by Crippen LogP contribution is -2.02. The van der Waals surface area contributed by atoms with Gasteiger partial charge in [-0.15, -0.1) is 0 Å². The Bertz CT molecular complexity index is 913. The molecule has 3 aromatic rings. The van der Waals surface area contributed by atoms with E-state index in [0.29, 0.717) is 23.1 Å². The van der Waals surface area contributed by atoms with Crippen LogP contribution in [0.4, 0.5) is 0 Å². The fourth-order valence-electron chi connectivity index (χ4n) is 2.42.